The lowest BCUT2D eigenvalue weighted by Crippen LogP contribution is -2.40. The molecule has 16 heavy (non-hydrogen) atoms. The third-order valence-corrected chi connectivity index (χ3v) is 3.72. The van der Waals surface area contributed by atoms with E-state index in [0.29, 0.717) is 6.54 Å². The van der Waals surface area contributed by atoms with Gasteiger partial charge in [-0.1, -0.05) is 37.6 Å². The molecule has 1 rings (SSSR count). The van der Waals surface area contributed by atoms with Crippen LogP contribution >= 0.6 is 11.6 Å². The Kier molecular flexibility index (Phi) is 4.75. The summed E-state index contributed by atoms with van der Waals surface area (Å²) in [6.07, 6.45) is 2.08. The second kappa shape index (κ2) is 5.65. The van der Waals surface area contributed by atoms with E-state index >= 15 is 0 Å². The number of nitrogens with one attached hydrogen (secondary N) is 1. The molecule has 1 aromatic rings. The molecule has 0 radical (unpaired) electrons. The van der Waals surface area contributed by atoms with Gasteiger partial charge in [-0.2, -0.15) is 0 Å². The molecule has 0 saturated heterocycles. The minimum atomic E-state index is -0.351. The fourth-order valence-electron chi connectivity index (χ4n) is 1.49. The Balaban J connectivity index is 2.71. The first kappa shape index (κ1) is 13.5. The molecule has 1 nitrogen and oxygen atoms in total. The van der Waals surface area contributed by atoms with Crippen molar-refractivity contribution in [1.82, 2.24) is 5.32 Å². The molecule has 0 heterocycles. The molecule has 0 spiro atoms. The lowest BCUT2D eigenvalue weighted by molar-refractivity contribution is 0.329. The third-order valence-electron chi connectivity index (χ3n) is 3.30. The van der Waals surface area contributed by atoms with Crippen molar-refractivity contribution in [1.29, 1.82) is 0 Å². The molecule has 0 atom stereocenters. The Morgan fingerprint density at radius 3 is 2.50 bits per heavy atom. The van der Waals surface area contributed by atoms with Crippen molar-refractivity contribution in [2.75, 3.05) is 0 Å². The number of hydrogen-bond donors (Lipinski definition) is 1. The van der Waals surface area contributed by atoms with Crippen LogP contribution in [0.4, 0.5) is 4.39 Å². The van der Waals surface area contributed by atoms with E-state index in [1.165, 1.54) is 6.07 Å². The number of rotatable bonds is 5. The summed E-state index contributed by atoms with van der Waals surface area (Å²) >= 11 is 5.89. The van der Waals surface area contributed by atoms with Crippen LogP contribution in [0.15, 0.2) is 18.2 Å². The van der Waals surface area contributed by atoms with Gasteiger partial charge in [0, 0.05) is 12.1 Å². The topological polar surface area (TPSA) is 12.0 Å². The first-order valence-corrected chi connectivity index (χ1v) is 6.08. The average molecular weight is 244 g/mol. The Labute approximate surface area is 102 Å². The molecular formula is C13H19ClFN. The molecular weight excluding hydrogens is 225 g/mol. The summed E-state index contributed by atoms with van der Waals surface area (Å²) < 4.78 is 13.2. The molecule has 0 amide bonds. The van der Waals surface area contributed by atoms with Crippen LogP contribution in [0.25, 0.3) is 0 Å². The van der Waals surface area contributed by atoms with Gasteiger partial charge in [0.25, 0.3) is 0 Å². The van der Waals surface area contributed by atoms with Crippen LogP contribution in [0.5, 0.6) is 0 Å². The standard InChI is InChI=1S/C13H19ClFN/c1-4-13(3,5-2)16-9-10-7-6-8-11(15)12(10)14/h6-8,16H,4-5,9H2,1-3H3. The van der Waals surface area contributed by atoms with Crippen LogP contribution in [0.1, 0.15) is 39.2 Å². The molecule has 0 aliphatic heterocycles. The molecule has 0 aliphatic rings. The molecule has 0 bridgehead atoms. The molecule has 0 aromatic heterocycles. The van der Waals surface area contributed by atoms with Crippen molar-refractivity contribution in [2.24, 2.45) is 0 Å². The quantitative estimate of drug-likeness (QED) is 0.819. The van der Waals surface area contributed by atoms with E-state index in [2.05, 4.69) is 26.1 Å². The van der Waals surface area contributed by atoms with Crippen LogP contribution < -0.4 is 5.32 Å². The summed E-state index contributed by atoms with van der Waals surface area (Å²) in [6.45, 7) is 7.06. The van der Waals surface area contributed by atoms with E-state index in [4.69, 9.17) is 11.6 Å². The lowest BCUT2D eigenvalue weighted by atomic mass is 9.95. The van der Waals surface area contributed by atoms with Crippen LogP contribution in [-0.2, 0) is 6.54 Å². The van der Waals surface area contributed by atoms with Crippen LogP contribution in [0, 0.1) is 5.82 Å². The van der Waals surface area contributed by atoms with E-state index in [1.807, 2.05) is 6.07 Å². The number of halogens is 2. The predicted molar refractivity (Wildman–Crippen MR) is 67.2 cm³/mol. The van der Waals surface area contributed by atoms with Gasteiger partial charge in [0.05, 0.1) is 5.02 Å². The number of hydrogen-bond acceptors (Lipinski definition) is 1. The molecule has 1 N–H and O–H groups in total. The average Bonchev–Trinajstić information content (AvgIpc) is 2.31. The fourth-order valence-corrected chi connectivity index (χ4v) is 1.69. The van der Waals surface area contributed by atoms with Crippen LogP contribution in [-0.4, -0.2) is 5.54 Å². The summed E-state index contributed by atoms with van der Waals surface area (Å²) in [5.41, 5.74) is 0.908. The molecule has 3 heteroatoms. The second-order valence-electron chi connectivity index (χ2n) is 4.33. The Morgan fingerprint density at radius 2 is 1.94 bits per heavy atom. The summed E-state index contributed by atoms with van der Waals surface area (Å²) in [5.74, 6) is -0.351. The van der Waals surface area contributed by atoms with Gasteiger partial charge in [0.15, 0.2) is 0 Å². The summed E-state index contributed by atoms with van der Waals surface area (Å²) in [5, 5.41) is 3.66. The minimum Gasteiger partial charge on any atom is -0.307 e. The van der Waals surface area contributed by atoms with Crippen molar-refractivity contribution in [3.63, 3.8) is 0 Å². The van der Waals surface area contributed by atoms with E-state index in [-0.39, 0.29) is 16.4 Å². The highest BCUT2D eigenvalue weighted by Gasteiger charge is 2.18. The zero-order valence-corrected chi connectivity index (χ0v) is 10.9. The van der Waals surface area contributed by atoms with Gasteiger partial charge in [-0.15, -0.1) is 0 Å². The van der Waals surface area contributed by atoms with Gasteiger partial charge >= 0.3 is 0 Å². The van der Waals surface area contributed by atoms with Crippen molar-refractivity contribution in [3.05, 3.63) is 34.6 Å². The van der Waals surface area contributed by atoms with Gasteiger partial charge in [0.2, 0.25) is 0 Å². The van der Waals surface area contributed by atoms with Crippen molar-refractivity contribution in [2.45, 2.75) is 45.7 Å². The van der Waals surface area contributed by atoms with E-state index in [0.717, 1.165) is 18.4 Å². The Morgan fingerprint density at radius 1 is 1.31 bits per heavy atom. The summed E-state index contributed by atoms with van der Waals surface area (Å²) in [4.78, 5) is 0. The first-order chi connectivity index (χ1) is 7.52. The maximum atomic E-state index is 13.2. The van der Waals surface area contributed by atoms with Gasteiger partial charge in [-0.05, 0) is 31.4 Å². The Hall–Kier alpha value is -0.600. The monoisotopic (exact) mass is 243 g/mol. The first-order valence-electron chi connectivity index (χ1n) is 5.70. The largest absolute Gasteiger partial charge is 0.307 e. The highest BCUT2D eigenvalue weighted by Crippen LogP contribution is 2.21. The van der Waals surface area contributed by atoms with Gasteiger partial charge in [0.1, 0.15) is 5.82 Å². The van der Waals surface area contributed by atoms with E-state index < -0.39 is 0 Å². The smallest absolute Gasteiger partial charge is 0.142 e. The van der Waals surface area contributed by atoms with Crippen molar-refractivity contribution < 1.29 is 4.39 Å². The molecule has 90 valence electrons. The van der Waals surface area contributed by atoms with E-state index in [9.17, 15) is 4.39 Å². The SMILES string of the molecule is CCC(C)(CC)NCc1cccc(F)c1Cl. The van der Waals surface area contributed by atoms with E-state index in [1.54, 1.807) is 6.07 Å². The number of benzene rings is 1. The molecule has 0 aliphatic carbocycles. The molecule has 1 aromatic carbocycles. The maximum absolute atomic E-state index is 13.2. The van der Waals surface area contributed by atoms with Crippen molar-refractivity contribution in [3.8, 4) is 0 Å². The second-order valence-corrected chi connectivity index (χ2v) is 4.71. The minimum absolute atomic E-state index is 0.0929. The van der Waals surface area contributed by atoms with Crippen molar-refractivity contribution >= 4 is 11.6 Å². The highest BCUT2D eigenvalue weighted by molar-refractivity contribution is 6.31. The lowest BCUT2D eigenvalue weighted by Gasteiger charge is -2.28. The summed E-state index contributed by atoms with van der Waals surface area (Å²) in [7, 11) is 0. The zero-order valence-electron chi connectivity index (χ0n) is 10.1. The van der Waals surface area contributed by atoms with Gasteiger partial charge < -0.3 is 5.32 Å². The molecule has 0 saturated carbocycles. The molecule has 0 fully saturated rings. The zero-order chi connectivity index (χ0) is 12.2. The normalized spacial score (nSPS) is 11.8. The maximum Gasteiger partial charge on any atom is 0.142 e. The predicted octanol–water partition coefficient (Wildman–Crippen LogP) is 4.15. The highest BCUT2D eigenvalue weighted by atomic mass is 35.5. The van der Waals surface area contributed by atoms with Crippen LogP contribution in [0.2, 0.25) is 5.02 Å². The van der Waals surface area contributed by atoms with Gasteiger partial charge in [-0.3, -0.25) is 0 Å². The van der Waals surface area contributed by atoms with Crippen LogP contribution in [0.3, 0.4) is 0 Å². The van der Waals surface area contributed by atoms with Gasteiger partial charge in [-0.25, -0.2) is 4.39 Å². The third kappa shape index (κ3) is 3.19. The molecule has 0 unspecified atom stereocenters. The summed E-state index contributed by atoms with van der Waals surface area (Å²) in [6, 6.07) is 4.92. The fraction of sp³-hybridized carbons (Fsp3) is 0.538. The Bertz CT molecular complexity index is 348.